The number of anilines is 1. The molecule has 0 aliphatic heterocycles. The zero-order valence-electron chi connectivity index (χ0n) is 9.30. The van der Waals surface area contributed by atoms with E-state index in [-0.39, 0.29) is 16.5 Å². The van der Waals surface area contributed by atoms with Crippen molar-refractivity contribution < 1.29 is 0 Å². The molecule has 9 heteroatoms. The van der Waals surface area contributed by atoms with Crippen LogP contribution in [0.1, 0.15) is 5.56 Å². The van der Waals surface area contributed by atoms with Crippen LogP contribution in [-0.2, 0) is 14.1 Å². The third-order valence-corrected chi connectivity index (χ3v) is 2.21. The van der Waals surface area contributed by atoms with Gasteiger partial charge in [-0.15, -0.1) is 0 Å². The molecule has 0 radical (unpaired) electrons. The largest absolute Gasteiger partial charge is 0.384 e. The lowest BCUT2D eigenvalue weighted by Gasteiger charge is -2.08. The molecular formula is C8H12N6O2S. The van der Waals surface area contributed by atoms with Crippen LogP contribution in [0.25, 0.3) is 0 Å². The number of nitrogen functional groups attached to an aromatic ring is 1. The van der Waals surface area contributed by atoms with E-state index in [9.17, 15) is 9.59 Å². The fourth-order valence-corrected chi connectivity index (χ4v) is 1.22. The van der Waals surface area contributed by atoms with Gasteiger partial charge in [-0.25, -0.2) is 4.79 Å². The number of nitrogens with zero attached hydrogens (tertiary/aromatic N) is 3. The van der Waals surface area contributed by atoms with Crippen molar-refractivity contribution >= 4 is 29.4 Å². The van der Waals surface area contributed by atoms with Gasteiger partial charge in [0.2, 0.25) is 0 Å². The van der Waals surface area contributed by atoms with Crippen LogP contribution in [-0.4, -0.2) is 20.5 Å². The second kappa shape index (κ2) is 4.78. The summed E-state index contributed by atoms with van der Waals surface area (Å²) >= 11 is 4.53. The Morgan fingerprint density at radius 3 is 2.53 bits per heavy atom. The molecule has 0 saturated carbocycles. The zero-order valence-corrected chi connectivity index (χ0v) is 10.1. The lowest BCUT2D eigenvalue weighted by Crippen LogP contribution is -2.40. The summed E-state index contributed by atoms with van der Waals surface area (Å²) in [5.74, 6) is 0.0200. The highest BCUT2D eigenvalue weighted by Crippen LogP contribution is 1.98. The number of rotatable bonds is 2. The van der Waals surface area contributed by atoms with Gasteiger partial charge >= 0.3 is 5.69 Å². The molecule has 1 rings (SSSR count). The lowest BCUT2D eigenvalue weighted by atomic mass is 10.3. The van der Waals surface area contributed by atoms with Crippen molar-refractivity contribution in [1.82, 2.24) is 14.6 Å². The van der Waals surface area contributed by atoms with E-state index in [1.54, 1.807) is 0 Å². The summed E-state index contributed by atoms with van der Waals surface area (Å²) < 4.78 is 2.07. The maximum atomic E-state index is 11.7. The maximum absolute atomic E-state index is 11.7. The third-order valence-electron chi connectivity index (χ3n) is 2.11. The van der Waals surface area contributed by atoms with Gasteiger partial charge in [-0.1, -0.05) is 0 Å². The summed E-state index contributed by atoms with van der Waals surface area (Å²) in [7, 11) is 2.80. The van der Waals surface area contributed by atoms with Crippen molar-refractivity contribution in [2.24, 2.45) is 24.9 Å². The lowest BCUT2D eigenvalue weighted by molar-refractivity contribution is 0.692. The minimum atomic E-state index is -0.543. The summed E-state index contributed by atoms with van der Waals surface area (Å²) in [6.07, 6.45) is 1.16. The fraction of sp³-hybridized carbons (Fsp3) is 0.250. The van der Waals surface area contributed by atoms with E-state index in [4.69, 9.17) is 11.5 Å². The van der Waals surface area contributed by atoms with Crippen LogP contribution in [0.3, 0.4) is 0 Å². The van der Waals surface area contributed by atoms with Gasteiger partial charge in [-0.05, 0) is 12.2 Å². The van der Waals surface area contributed by atoms with Crippen LogP contribution in [0.2, 0.25) is 0 Å². The number of hydrogen-bond donors (Lipinski definition) is 3. The van der Waals surface area contributed by atoms with Crippen molar-refractivity contribution in [3.8, 4) is 0 Å². The highest BCUT2D eigenvalue weighted by Gasteiger charge is 2.10. The van der Waals surface area contributed by atoms with Crippen molar-refractivity contribution in [2.45, 2.75) is 0 Å². The van der Waals surface area contributed by atoms with Crippen LogP contribution < -0.4 is 28.1 Å². The Kier molecular flexibility index (Phi) is 3.63. The van der Waals surface area contributed by atoms with Gasteiger partial charge in [0.05, 0.1) is 6.21 Å². The number of thiocarbonyl (C=S) groups is 1. The molecule has 1 aromatic rings. The number of nitrogens with one attached hydrogen (secondary N) is 1. The molecule has 0 amide bonds. The summed E-state index contributed by atoms with van der Waals surface area (Å²) in [5.41, 5.74) is 12.1. The molecule has 17 heavy (non-hydrogen) atoms. The SMILES string of the molecule is Cn1c(N)c(/C=N/NC(N)=S)c(=O)n(C)c1=O. The van der Waals surface area contributed by atoms with Crippen molar-refractivity contribution in [3.63, 3.8) is 0 Å². The molecule has 0 unspecified atom stereocenters. The molecule has 0 fully saturated rings. The predicted octanol–water partition coefficient (Wildman–Crippen LogP) is -2.17. The van der Waals surface area contributed by atoms with Gasteiger partial charge in [-0.2, -0.15) is 5.10 Å². The molecule has 92 valence electrons. The van der Waals surface area contributed by atoms with E-state index >= 15 is 0 Å². The summed E-state index contributed by atoms with van der Waals surface area (Å²) in [6.45, 7) is 0. The Balaban J connectivity index is 3.35. The van der Waals surface area contributed by atoms with E-state index in [0.29, 0.717) is 0 Å². The van der Waals surface area contributed by atoms with E-state index < -0.39 is 11.2 Å². The standard InChI is InChI=1S/C8H12N6O2S/c1-13-5(9)4(3-11-12-7(10)17)6(15)14(2)8(13)16/h3H,9H2,1-2H3,(H3,10,12,17)/b11-3+. The molecule has 1 heterocycles. The number of nitrogens with two attached hydrogens (primary N) is 2. The van der Waals surface area contributed by atoms with E-state index in [1.807, 2.05) is 0 Å². The van der Waals surface area contributed by atoms with Crippen LogP contribution in [0.4, 0.5) is 5.82 Å². The van der Waals surface area contributed by atoms with Crippen LogP contribution >= 0.6 is 12.2 Å². The molecule has 0 aliphatic carbocycles. The second-order valence-electron chi connectivity index (χ2n) is 3.24. The molecule has 5 N–H and O–H groups in total. The molecule has 1 aromatic heterocycles. The van der Waals surface area contributed by atoms with Crippen LogP contribution in [0, 0.1) is 0 Å². The van der Waals surface area contributed by atoms with Crippen molar-refractivity contribution in [1.29, 1.82) is 0 Å². The smallest absolute Gasteiger partial charge is 0.332 e. The summed E-state index contributed by atoms with van der Waals surface area (Å²) in [5, 5.41) is 3.58. The first kappa shape index (κ1) is 12.9. The highest BCUT2D eigenvalue weighted by atomic mass is 32.1. The minimum absolute atomic E-state index is 0.0200. The maximum Gasteiger partial charge on any atom is 0.332 e. The molecular weight excluding hydrogens is 244 g/mol. The van der Waals surface area contributed by atoms with E-state index in [1.165, 1.54) is 14.1 Å². The average Bonchev–Trinajstić information content (AvgIpc) is 2.28. The molecule has 0 atom stereocenters. The molecule has 0 aromatic carbocycles. The normalized spacial score (nSPS) is 10.7. The summed E-state index contributed by atoms with van der Waals surface area (Å²) in [4.78, 5) is 23.2. The quantitative estimate of drug-likeness (QED) is 0.315. The van der Waals surface area contributed by atoms with Crippen LogP contribution in [0.15, 0.2) is 14.7 Å². The van der Waals surface area contributed by atoms with Crippen molar-refractivity contribution in [2.75, 3.05) is 5.73 Å². The molecule has 8 nitrogen and oxygen atoms in total. The Bertz CT molecular complexity index is 599. The first-order chi connectivity index (χ1) is 7.86. The van der Waals surface area contributed by atoms with Crippen molar-refractivity contribution in [3.05, 3.63) is 26.4 Å². The number of hydrogen-bond acceptors (Lipinski definition) is 5. The monoisotopic (exact) mass is 256 g/mol. The van der Waals surface area contributed by atoms with Gasteiger partial charge in [-0.3, -0.25) is 19.4 Å². The first-order valence-electron chi connectivity index (χ1n) is 4.50. The Labute approximate surface area is 102 Å². The highest BCUT2D eigenvalue weighted by molar-refractivity contribution is 7.80. The number of hydrazone groups is 1. The third kappa shape index (κ3) is 2.50. The summed E-state index contributed by atoms with van der Waals surface area (Å²) in [6, 6.07) is 0. The van der Waals surface area contributed by atoms with E-state index in [2.05, 4.69) is 22.7 Å². The van der Waals surface area contributed by atoms with E-state index in [0.717, 1.165) is 15.3 Å². The minimum Gasteiger partial charge on any atom is -0.384 e. The topological polar surface area (TPSA) is 120 Å². The Morgan fingerprint density at radius 2 is 2.00 bits per heavy atom. The Hall–Kier alpha value is -2.16. The van der Waals surface area contributed by atoms with Gasteiger partial charge in [0, 0.05) is 14.1 Å². The molecule has 0 aliphatic rings. The molecule has 0 bridgehead atoms. The fourth-order valence-electron chi connectivity index (χ4n) is 1.17. The molecule has 0 saturated heterocycles. The predicted molar refractivity (Wildman–Crippen MR) is 68.9 cm³/mol. The van der Waals surface area contributed by atoms with Crippen LogP contribution in [0.5, 0.6) is 0 Å². The number of aromatic nitrogens is 2. The second-order valence-corrected chi connectivity index (χ2v) is 3.68. The first-order valence-corrected chi connectivity index (χ1v) is 4.91. The van der Waals surface area contributed by atoms with Gasteiger partial charge < -0.3 is 11.5 Å². The van der Waals surface area contributed by atoms with Gasteiger partial charge in [0.1, 0.15) is 11.4 Å². The zero-order chi connectivity index (χ0) is 13.2. The van der Waals surface area contributed by atoms with Gasteiger partial charge in [0.15, 0.2) is 5.11 Å². The molecule has 0 spiro atoms. The Morgan fingerprint density at radius 1 is 1.41 bits per heavy atom. The van der Waals surface area contributed by atoms with Gasteiger partial charge in [0.25, 0.3) is 5.56 Å². The average molecular weight is 256 g/mol.